The molecule has 1 unspecified atom stereocenters. The van der Waals surface area contributed by atoms with Gasteiger partial charge in [0.1, 0.15) is 6.10 Å². The van der Waals surface area contributed by atoms with Crippen LogP contribution in [0.5, 0.6) is 0 Å². The molecule has 1 aromatic heterocycles. The number of aryl methyl sites for hydroxylation is 1. The number of aliphatic hydroxyl groups excluding tert-OH is 1. The summed E-state index contributed by atoms with van der Waals surface area (Å²) in [6.07, 6.45) is 5.80. The van der Waals surface area contributed by atoms with Crippen molar-refractivity contribution in [3.63, 3.8) is 0 Å². The zero-order valence-corrected chi connectivity index (χ0v) is 10.3. The first-order chi connectivity index (χ1) is 8.23. The normalized spacial score (nSPS) is 20.8. The van der Waals surface area contributed by atoms with Crippen molar-refractivity contribution in [3.05, 3.63) is 18.0 Å². The molecule has 1 aliphatic rings. The van der Waals surface area contributed by atoms with Gasteiger partial charge in [0.25, 0.3) is 0 Å². The van der Waals surface area contributed by atoms with E-state index in [2.05, 4.69) is 11.2 Å². The lowest BCUT2D eigenvalue weighted by atomic mass is 9.70. The number of aromatic nitrogens is 2. The summed E-state index contributed by atoms with van der Waals surface area (Å²) in [5.41, 5.74) is 0.168. The van der Waals surface area contributed by atoms with E-state index in [4.69, 9.17) is 0 Å². The van der Waals surface area contributed by atoms with Crippen molar-refractivity contribution < 1.29 is 5.11 Å². The van der Waals surface area contributed by atoms with E-state index in [9.17, 15) is 10.4 Å². The first-order valence-electron chi connectivity index (χ1n) is 6.34. The third kappa shape index (κ3) is 2.07. The van der Waals surface area contributed by atoms with Gasteiger partial charge in [0.05, 0.1) is 17.2 Å². The van der Waals surface area contributed by atoms with E-state index in [0.717, 1.165) is 37.9 Å². The minimum Gasteiger partial charge on any atom is -0.385 e. The maximum atomic E-state index is 10.5. The van der Waals surface area contributed by atoms with E-state index in [0.29, 0.717) is 0 Å². The molecule has 0 bridgehead atoms. The quantitative estimate of drug-likeness (QED) is 0.872. The lowest BCUT2D eigenvalue weighted by molar-refractivity contribution is 0.0293. The Morgan fingerprint density at radius 2 is 2.24 bits per heavy atom. The van der Waals surface area contributed by atoms with Gasteiger partial charge < -0.3 is 5.11 Å². The molecule has 4 heteroatoms. The van der Waals surface area contributed by atoms with Gasteiger partial charge in [0.2, 0.25) is 0 Å². The average Bonchev–Trinajstić information content (AvgIpc) is 2.86. The molecule has 2 rings (SSSR count). The number of hydrogen-bond acceptors (Lipinski definition) is 3. The molecule has 0 amide bonds. The molecule has 1 atom stereocenters. The molecule has 0 radical (unpaired) electrons. The van der Waals surface area contributed by atoms with E-state index in [1.54, 1.807) is 10.9 Å². The lowest BCUT2D eigenvalue weighted by Gasteiger charge is -2.35. The van der Waals surface area contributed by atoms with E-state index in [-0.39, 0.29) is 0 Å². The molecule has 0 aliphatic heterocycles. The van der Waals surface area contributed by atoms with Crippen LogP contribution in [0.25, 0.3) is 0 Å². The highest BCUT2D eigenvalue weighted by molar-refractivity contribution is 5.16. The Morgan fingerprint density at radius 1 is 1.53 bits per heavy atom. The summed E-state index contributed by atoms with van der Waals surface area (Å²) in [6, 6.07) is 4.19. The second-order valence-electron chi connectivity index (χ2n) is 4.80. The van der Waals surface area contributed by atoms with Crippen molar-refractivity contribution >= 4 is 0 Å². The summed E-state index contributed by atoms with van der Waals surface area (Å²) < 4.78 is 1.78. The third-order valence-corrected chi connectivity index (χ3v) is 3.82. The van der Waals surface area contributed by atoms with Crippen LogP contribution >= 0.6 is 0 Å². The molecule has 1 aromatic rings. The molecule has 1 heterocycles. The molecule has 1 aliphatic carbocycles. The van der Waals surface area contributed by atoms with Crippen LogP contribution in [0.2, 0.25) is 0 Å². The highest BCUT2D eigenvalue weighted by Crippen LogP contribution is 2.45. The van der Waals surface area contributed by atoms with Gasteiger partial charge >= 0.3 is 0 Å². The Balaban J connectivity index is 2.29. The topological polar surface area (TPSA) is 61.8 Å². The molecular weight excluding hydrogens is 214 g/mol. The Hall–Kier alpha value is -1.34. The fraction of sp³-hybridized carbons (Fsp3) is 0.692. The fourth-order valence-corrected chi connectivity index (χ4v) is 2.75. The van der Waals surface area contributed by atoms with Crippen molar-refractivity contribution in [2.24, 2.45) is 5.41 Å². The predicted octanol–water partition coefficient (Wildman–Crippen LogP) is 2.41. The zero-order valence-electron chi connectivity index (χ0n) is 10.3. The summed E-state index contributed by atoms with van der Waals surface area (Å²) >= 11 is 0. The van der Waals surface area contributed by atoms with E-state index in [1.165, 1.54) is 6.42 Å². The smallest absolute Gasteiger partial charge is 0.114 e. The van der Waals surface area contributed by atoms with Crippen LogP contribution < -0.4 is 0 Å². The molecule has 1 N–H and O–H groups in total. The first-order valence-corrected chi connectivity index (χ1v) is 6.34. The van der Waals surface area contributed by atoms with Crippen LogP contribution in [0.3, 0.4) is 0 Å². The van der Waals surface area contributed by atoms with Gasteiger partial charge in [-0.15, -0.1) is 0 Å². The molecule has 17 heavy (non-hydrogen) atoms. The molecule has 0 aromatic carbocycles. The SMILES string of the molecule is CCn1nccc1C(O)C1(C#N)CCCCC1. The van der Waals surface area contributed by atoms with Crippen LogP contribution in [0.4, 0.5) is 0 Å². The minimum atomic E-state index is -0.713. The Bertz CT molecular complexity index is 413. The van der Waals surface area contributed by atoms with Gasteiger partial charge in [-0.1, -0.05) is 19.3 Å². The maximum Gasteiger partial charge on any atom is 0.114 e. The van der Waals surface area contributed by atoms with Crippen LogP contribution in [-0.2, 0) is 6.54 Å². The highest BCUT2D eigenvalue weighted by Gasteiger charge is 2.41. The maximum absolute atomic E-state index is 10.5. The monoisotopic (exact) mass is 233 g/mol. The molecule has 1 saturated carbocycles. The van der Waals surface area contributed by atoms with E-state index >= 15 is 0 Å². The summed E-state index contributed by atoms with van der Waals surface area (Å²) in [7, 11) is 0. The summed E-state index contributed by atoms with van der Waals surface area (Å²) in [4.78, 5) is 0. The van der Waals surface area contributed by atoms with Gasteiger partial charge in [0, 0.05) is 12.7 Å². The Morgan fingerprint density at radius 3 is 2.82 bits per heavy atom. The standard InChI is InChI=1S/C13H19N3O/c1-2-16-11(6-9-15-16)12(17)13(10-14)7-4-3-5-8-13/h6,9,12,17H,2-5,7-8H2,1H3. The number of rotatable bonds is 3. The first kappa shape index (κ1) is 12.1. The van der Waals surface area contributed by atoms with Gasteiger partial charge in [-0.05, 0) is 25.8 Å². The van der Waals surface area contributed by atoms with Crippen molar-refractivity contribution in [1.82, 2.24) is 9.78 Å². The second kappa shape index (κ2) is 4.89. The van der Waals surface area contributed by atoms with Crippen molar-refractivity contribution in [1.29, 1.82) is 5.26 Å². The number of nitriles is 1. The summed E-state index contributed by atoms with van der Waals surface area (Å²) in [6.45, 7) is 2.71. The van der Waals surface area contributed by atoms with Crippen molar-refractivity contribution in [2.45, 2.75) is 51.7 Å². The number of aliphatic hydroxyl groups is 1. The van der Waals surface area contributed by atoms with Gasteiger partial charge in [-0.25, -0.2) is 0 Å². The van der Waals surface area contributed by atoms with Crippen molar-refractivity contribution in [3.8, 4) is 6.07 Å². The minimum absolute atomic E-state index is 0.606. The van der Waals surface area contributed by atoms with E-state index < -0.39 is 11.5 Å². The average molecular weight is 233 g/mol. The molecular formula is C13H19N3O. The fourth-order valence-electron chi connectivity index (χ4n) is 2.75. The molecule has 0 saturated heterocycles. The zero-order chi connectivity index (χ0) is 12.3. The Kier molecular flexibility index (Phi) is 3.49. The number of nitrogens with zero attached hydrogens (tertiary/aromatic N) is 3. The van der Waals surface area contributed by atoms with E-state index in [1.807, 2.05) is 13.0 Å². The highest BCUT2D eigenvalue weighted by atomic mass is 16.3. The summed E-state index contributed by atoms with van der Waals surface area (Å²) in [5.74, 6) is 0. The largest absolute Gasteiger partial charge is 0.385 e. The van der Waals surface area contributed by atoms with Crippen LogP contribution in [0.1, 0.15) is 50.8 Å². The van der Waals surface area contributed by atoms with Crippen LogP contribution in [-0.4, -0.2) is 14.9 Å². The summed E-state index contributed by atoms with van der Waals surface area (Å²) in [5, 5.41) is 24.1. The van der Waals surface area contributed by atoms with Gasteiger partial charge in [-0.2, -0.15) is 10.4 Å². The lowest BCUT2D eigenvalue weighted by Crippen LogP contribution is -2.31. The van der Waals surface area contributed by atoms with Crippen LogP contribution in [0, 0.1) is 16.7 Å². The predicted molar refractivity (Wildman–Crippen MR) is 64.0 cm³/mol. The van der Waals surface area contributed by atoms with Crippen LogP contribution in [0.15, 0.2) is 12.3 Å². The Labute approximate surface area is 102 Å². The molecule has 0 spiro atoms. The third-order valence-electron chi connectivity index (χ3n) is 3.82. The molecule has 4 nitrogen and oxygen atoms in total. The van der Waals surface area contributed by atoms with Gasteiger partial charge in [0.15, 0.2) is 0 Å². The van der Waals surface area contributed by atoms with Crippen molar-refractivity contribution in [2.75, 3.05) is 0 Å². The van der Waals surface area contributed by atoms with Gasteiger partial charge in [-0.3, -0.25) is 4.68 Å². The second-order valence-corrected chi connectivity index (χ2v) is 4.80. The molecule has 1 fully saturated rings. The number of hydrogen-bond donors (Lipinski definition) is 1. The molecule has 92 valence electrons.